The van der Waals surface area contributed by atoms with Crippen LogP contribution < -0.4 is 0 Å². The summed E-state index contributed by atoms with van der Waals surface area (Å²) < 4.78 is 87.5. The fourth-order valence-electron chi connectivity index (χ4n) is 17.8. The number of Topliss-reactive ketones (excluding diaryl/α,β-unsaturated/α-hetero) is 1. The zero-order valence-corrected chi connectivity index (χ0v) is 69.9. The smallest absolute Gasteiger partial charge is 0.311 e. The number of cyclic esters (lactones) is 2. The van der Waals surface area contributed by atoms with Crippen LogP contribution >= 0.6 is 0 Å². The van der Waals surface area contributed by atoms with E-state index in [1.54, 1.807) is 109 Å². The molecule has 6 fully saturated rings. The number of hydrogen-bond acceptors (Lipinski definition) is 31. The van der Waals surface area contributed by atoms with Gasteiger partial charge in [-0.15, -0.1) is 0 Å². The Bertz CT molecular complexity index is 2970. The molecule has 0 spiro atoms. The Hall–Kier alpha value is -3.37. The van der Waals surface area contributed by atoms with Crippen LogP contribution in [0.15, 0.2) is 5.16 Å². The van der Waals surface area contributed by atoms with E-state index in [0.717, 1.165) is 0 Å². The topological polar surface area (TPSA) is 428 Å². The van der Waals surface area contributed by atoms with Crippen molar-refractivity contribution in [1.29, 1.82) is 0 Å². The van der Waals surface area contributed by atoms with Gasteiger partial charge in [-0.2, -0.15) is 0 Å². The highest BCUT2D eigenvalue weighted by Gasteiger charge is 2.58. The molecule has 16 unspecified atom stereocenters. The second-order valence-electron chi connectivity index (χ2n) is 34.2. The molecule has 0 bridgehead atoms. The van der Waals surface area contributed by atoms with Crippen molar-refractivity contribution < 1.29 is 141 Å². The summed E-state index contributed by atoms with van der Waals surface area (Å²) in [5.41, 5.74) is -10.5. The number of amides is 1. The van der Waals surface area contributed by atoms with E-state index in [2.05, 4.69) is 5.16 Å². The lowest BCUT2D eigenvalue weighted by Crippen LogP contribution is -2.63. The molecule has 0 saturated carbocycles. The van der Waals surface area contributed by atoms with E-state index in [1.165, 1.54) is 74.8 Å². The third-order valence-corrected chi connectivity index (χ3v) is 24.9. The van der Waals surface area contributed by atoms with Crippen molar-refractivity contribution in [2.75, 3.05) is 62.0 Å². The van der Waals surface area contributed by atoms with Crippen LogP contribution in [0.2, 0.25) is 0 Å². The molecule has 0 aliphatic carbocycles. The van der Waals surface area contributed by atoms with E-state index in [4.69, 9.17) is 71.2 Å². The maximum atomic E-state index is 15.1. The van der Waals surface area contributed by atoms with Gasteiger partial charge in [-0.25, -0.2) is 0 Å². The summed E-state index contributed by atoms with van der Waals surface area (Å²) in [6, 6.07) is -1.95. The van der Waals surface area contributed by atoms with Crippen molar-refractivity contribution in [2.45, 2.75) is 358 Å². The Morgan fingerprint density at radius 2 is 0.936 bits per heavy atom. The number of esters is 2. The fraction of sp³-hybridized carbons (Fsp3) is 0.936. The van der Waals surface area contributed by atoms with Crippen LogP contribution in [0.4, 0.5) is 0 Å². The monoisotopic (exact) mass is 1580 g/mol. The van der Waals surface area contributed by atoms with E-state index in [0.29, 0.717) is 0 Å². The van der Waals surface area contributed by atoms with Gasteiger partial charge in [0.05, 0.1) is 127 Å². The van der Waals surface area contributed by atoms with Gasteiger partial charge in [0.2, 0.25) is 12.7 Å². The average molecular weight is 1580 g/mol. The van der Waals surface area contributed by atoms with Gasteiger partial charge in [-0.3, -0.25) is 24.1 Å². The number of hydrogen-bond donors (Lipinski definition) is 10. The Labute approximate surface area is 650 Å². The van der Waals surface area contributed by atoms with Gasteiger partial charge in [-0.05, 0) is 129 Å². The van der Waals surface area contributed by atoms with Crippen molar-refractivity contribution in [1.82, 2.24) is 9.80 Å². The molecule has 110 heavy (non-hydrogen) atoms. The number of methoxy groups -OCH3 is 3. The van der Waals surface area contributed by atoms with Crippen LogP contribution in [-0.2, 0) is 90.3 Å². The molecular formula is C78H139N3O29. The highest BCUT2D eigenvalue weighted by molar-refractivity contribution is 5.89. The van der Waals surface area contributed by atoms with Crippen LogP contribution in [0.1, 0.15) is 190 Å². The summed E-state index contributed by atoms with van der Waals surface area (Å²) in [5.74, 6) is -11.5. The van der Waals surface area contributed by atoms with Gasteiger partial charge in [0.1, 0.15) is 53.6 Å². The number of likely N-dealkylation sites (N-methyl/N-ethyl adjacent to an activating group) is 2. The minimum absolute atomic E-state index is 0.0315. The first-order chi connectivity index (χ1) is 51.0. The van der Waals surface area contributed by atoms with Gasteiger partial charge in [0.25, 0.3) is 0 Å². The summed E-state index contributed by atoms with van der Waals surface area (Å²) in [6.45, 7) is 31.6. The van der Waals surface area contributed by atoms with Crippen molar-refractivity contribution >= 4 is 29.3 Å². The molecule has 6 rings (SSSR count). The fourth-order valence-corrected chi connectivity index (χ4v) is 17.8. The maximum Gasteiger partial charge on any atom is 0.311 e. The largest absolute Gasteiger partial charge is 0.459 e. The molecule has 6 heterocycles. The van der Waals surface area contributed by atoms with Gasteiger partial charge in [0, 0.05) is 82.8 Å². The second kappa shape index (κ2) is 39.3. The Balaban J connectivity index is 1.35. The van der Waals surface area contributed by atoms with Crippen molar-refractivity contribution in [3.05, 3.63) is 0 Å². The zero-order valence-electron chi connectivity index (χ0n) is 69.9. The maximum absolute atomic E-state index is 15.1. The van der Waals surface area contributed by atoms with Crippen LogP contribution in [0.25, 0.3) is 0 Å². The molecule has 0 radical (unpaired) electrons. The molecule has 32 heteroatoms. The molecule has 0 aromatic rings. The summed E-state index contributed by atoms with van der Waals surface area (Å²) in [6.07, 6.45) is -25.8. The Morgan fingerprint density at radius 3 is 1.35 bits per heavy atom. The lowest BCUT2D eigenvalue weighted by molar-refractivity contribution is -0.318. The summed E-state index contributed by atoms with van der Waals surface area (Å²) in [5, 5.41) is 127. The van der Waals surface area contributed by atoms with Crippen LogP contribution in [0.3, 0.4) is 0 Å². The van der Waals surface area contributed by atoms with Crippen molar-refractivity contribution in [2.24, 2.45) is 52.5 Å². The summed E-state index contributed by atoms with van der Waals surface area (Å²) in [7, 11) is 7.52. The highest BCUT2D eigenvalue weighted by atomic mass is 16.8. The lowest BCUT2D eigenvalue weighted by Gasteiger charge is -2.49. The second-order valence-corrected chi connectivity index (χ2v) is 34.2. The molecule has 0 aromatic carbocycles. The van der Waals surface area contributed by atoms with Crippen LogP contribution in [0.5, 0.6) is 0 Å². The number of carbonyl (C=O) groups excluding carboxylic acids is 4. The molecule has 0 aromatic heterocycles. The molecule has 6 aliphatic rings. The van der Waals surface area contributed by atoms with E-state index >= 15 is 4.79 Å². The number of oxime groups is 1. The van der Waals surface area contributed by atoms with Crippen molar-refractivity contribution in [3.63, 3.8) is 0 Å². The molecular weight excluding hydrogens is 1440 g/mol. The minimum Gasteiger partial charge on any atom is -0.459 e. The Morgan fingerprint density at radius 1 is 0.527 bits per heavy atom. The average Bonchev–Trinajstić information content (AvgIpc) is 0.775. The first-order valence-corrected chi connectivity index (χ1v) is 39.5. The minimum atomic E-state index is -2.12. The molecule has 36 atom stereocenters. The third kappa shape index (κ3) is 21.9. The number of ketones is 1. The van der Waals surface area contributed by atoms with Crippen LogP contribution in [-0.4, -0.2) is 321 Å². The normalized spacial score (nSPS) is 47.4. The number of rotatable bonds is 22. The highest BCUT2D eigenvalue weighted by Crippen LogP contribution is 2.45. The van der Waals surface area contributed by atoms with E-state index in [-0.39, 0.29) is 83.6 Å². The quantitative estimate of drug-likeness (QED) is 0.0322. The Kier molecular flexibility index (Phi) is 34.1. The van der Waals surface area contributed by atoms with E-state index in [1.807, 2.05) is 0 Å². The summed E-state index contributed by atoms with van der Waals surface area (Å²) in [4.78, 5) is 67.7. The first-order valence-electron chi connectivity index (χ1n) is 39.5. The first kappa shape index (κ1) is 95.5. The van der Waals surface area contributed by atoms with Crippen molar-refractivity contribution in [3.8, 4) is 0 Å². The molecule has 32 nitrogen and oxygen atoms in total. The van der Waals surface area contributed by atoms with Gasteiger partial charge in [0.15, 0.2) is 25.2 Å². The lowest BCUT2D eigenvalue weighted by atomic mass is 9.73. The third-order valence-electron chi connectivity index (χ3n) is 24.9. The number of aliphatic hydroxyl groups is 10. The molecule has 1 amide bonds. The summed E-state index contributed by atoms with van der Waals surface area (Å²) >= 11 is 0. The molecule has 6 saturated heterocycles. The number of aliphatic hydroxyl groups excluding tert-OH is 6. The van der Waals surface area contributed by atoms with Crippen LogP contribution in [0, 0.1) is 47.3 Å². The zero-order chi connectivity index (χ0) is 83.2. The molecule has 640 valence electrons. The van der Waals surface area contributed by atoms with E-state index < -0.39 is 239 Å². The predicted molar refractivity (Wildman–Crippen MR) is 397 cm³/mol. The van der Waals surface area contributed by atoms with Gasteiger partial charge in [-0.1, -0.05) is 60.5 Å². The molecule has 10 N–H and O–H groups in total. The number of ether oxygens (including phenoxy) is 14. The SMILES string of the molecule is CC[C@H]1OC(=O)[C@H](C)[C@@H](OC2CC(C)(OC)C(O)C(C)O2)[C@H](C)[C@@H](OC2OC(C)CC(N(C)CC(=O)N(C)C3CC(C)OC(O[C@@H]4[C@@H](C)[C@H](OC5CC(C)(OC)C(O)C(C)O5)[C@@H](C)C(=O)O[C@H](CC)[C@@](C)(O)[C@H](O)[C@@H](C)/C(=N/OCOCCOC)[C@H](C)C[C@]4(C)O)C3O)C2O)[C@@](C)(O)C[C@@H](C)C(=O)[C@H](C)[C@@H](O)[C@]1(C)O. The van der Waals surface area contributed by atoms with Gasteiger partial charge < -0.3 is 127 Å². The van der Waals surface area contributed by atoms with E-state index in [9.17, 15) is 65.4 Å². The number of nitrogens with zero attached hydrogens (tertiary/aromatic N) is 3. The number of carbonyl (C=O) groups is 4. The van der Waals surface area contributed by atoms with Gasteiger partial charge >= 0.3 is 11.9 Å². The predicted octanol–water partition coefficient (Wildman–Crippen LogP) is 3.28. The molecule has 6 aliphatic heterocycles. The standard InChI is InChI=1S/C78H139N3O29/c1-26-52-77(19,94)63(86)42(7)57(79-100-37-99-29-28-96-23)38(3)32-73(15,92)67(44(9)61(46(11)69(90)105-52)107-55-34-75(17,97-24)65(88)48(13)103-55)110-72-60(85)51(31-41(6)102-72)81(22)54(82)36-80(21)50-30-40(5)101-71(59(50)84)109-68-45(10)62(108-56-35-76(18,98-25)66(89)49(14)104-56)47(12)70(91)106-53(27-2)78(20,95)64(87)43(8)58(83)39(4)33-74(68,16)93/h38-53,55-56,59-68,71-72,84-89,92-95H,26-37H2,1-25H3/b79-57+/t38-,39-,40?,41?,42+,43+,44+,45+,46-,47-,48?,49?,50?,51?,52-,53-,55?,56?,59?,60?,61+,62+,63-,64-,65?,66?,67-,68-,71?,72?,73+,74+,75?,76?,77-,78-/m1/s1.